The van der Waals surface area contributed by atoms with E-state index in [1.54, 1.807) is 0 Å². The number of phenolic OH excluding ortho intramolecular Hbond substituents is 1. The fraction of sp³-hybridized carbons (Fsp3) is 0.368. The van der Waals surface area contributed by atoms with Gasteiger partial charge in [0.25, 0.3) is 0 Å². The van der Waals surface area contributed by atoms with Crippen molar-refractivity contribution in [2.45, 2.75) is 18.8 Å². The zero-order valence-corrected chi connectivity index (χ0v) is 15.3. The summed E-state index contributed by atoms with van der Waals surface area (Å²) in [7, 11) is 2.17. The molecule has 0 bridgehead atoms. The third kappa shape index (κ3) is 2.72. The van der Waals surface area contributed by atoms with Crippen molar-refractivity contribution in [1.82, 2.24) is 4.90 Å². The summed E-state index contributed by atoms with van der Waals surface area (Å²) < 4.78 is 6.88. The van der Waals surface area contributed by atoms with Crippen molar-refractivity contribution in [1.29, 1.82) is 0 Å². The van der Waals surface area contributed by atoms with Gasteiger partial charge in [-0.25, -0.2) is 0 Å². The molecule has 2 aliphatic heterocycles. The molecule has 1 unspecified atom stereocenters. The number of ether oxygens (including phenoxy) is 1. The second-order valence-corrected chi connectivity index (χ2v) is 7.66. The van der Waals surface area contributed by atoms with Gasteiger partial charge in [0.05, 0.1) is 10.2 Å². The second kappa shape index (κ2) is 5.98. The number of hydrogen-bond acceptors (Lipinski definition) is 3. The maximum atomic E-state index is 10.2. The summed E-state index contributed by atoms with van der Waals surface area (Å²) >= 11 is 2.21. The molecule has 1 atom stereocenters. The summed E-state index contributed by atoms with van der Waals surface area (Å²) in [6, 6.07) is 10.6. The van der Waals surface area contributed by atoms with E-state index in [1.807, 2.05) is 6.07 Å². The maximum absolute atomic E-state index is 10.2. The van der Waals surface area contributed by atoms with E-state index in [0.717, 1.165) is 41.9 Å². The summed E-state index contributed by atoms with van der Waals surface area (Å²) in [5, 5.41) is 10.2. The van der Waals surface area contributed by atoms with Gasteiger partial charge >= 0.3 is 0 Å². The van der Waals surface area contributed by atoms with E-state index in [0.29, 0.717) is 5.75 Å². The number of aromatic hydroxyl groups is 1. The van der Waals surface area contributed by atoms with Gasteiger partial charge in [-0.15, -0.1) is 0 Å². The van der Waals surface area contributed by atoms with Gasteiger partial charge in [-0.1, -0.05) is 18.2 Å². The van der Waals surface area contributed by atoms with Crippen LogP contribution in [-0.4, -0.2) is 36.8 Å². The molecule has 4 heteroatoms. The predicted molar refractivity (Wildman–Crippen MR) is 99.5 cm³/mol. The minimum atomic E-state index is 0.244. The number of para-hydroxylation sites is 1. The first-order chi connectivity index (χ1) is 11.1. The molecule has 0 saturated carbocycles. The minimum Gasteiger partial charge on any atom is -0.507 e. The molecule has 1 N–H and O–H groups in total. The van der Waals surface area contributed by atoms with Crippen LogP contribution in [0.2, 0.25) is 0 Å². The molecule has 0 saturated heterocycles. The minimum absolute atomic E-state index is 0.244. The van der Waals surface area contributed by atoms with E-state index in [1.165, 1.54) is 22.3 Å². The van der Waals surface area contributed by atoms with Crippen LogP contribution in [0.3, 0.4) is 0 Å². The van der Waals surface area contributed by atoms with E-state index in [4.69, 9.17) is 4.74 Å². The lowest BCUT2D eigenvalue weighted by atomic mass is 9.86. The van der Waals surface area contributed by atoms with Crippen LogP contribution < -0.4 is 4.74 Å². The fourth-order valence-electron chi connectivity index (χ4n) is 3.75. The Labute approximate surface area is 150 Å². The summed E-state index contributed by atoms with van der Waals surface area (Å²) in [5.74, 6) is 1.69. The molecule has 2 aliphatic rings. The molecular weight excluding hydrogens is 401 g/mol. The van der Waals surface area contributed by atoms with E-state index >= 15 is 0 Å². The molecule has 120 valence electrons. The molecule has 3 nitrogen and oxygen atoms in total. The van der Waals surface area contributed by atoms with Gasteiger partial charge in [-0.3, -0.25) is 0 Å². The first kappa shape index (κ1) is 15.3. The summed E-state index contributed by atoms with van der Waals surface area (Å²) in [6.45, 7) is 2.77. The van der Waals surface area contributed by atoms with Crippen molar-refractivity contribution in [2.24, 2.45) is 0 Å². The molecule has 2 heterocycles. The number of phenols is 1. The average Bonchev–Trinajstić information content (AvgIpc) is 2.96. The van der Waals surface area contributed by atoms with Crippen molar-refractivity contribution < 1.29 is 9.84 Å². The Morgan fingerprint density at radius 1 is 1.17 bits per heavy atom. The first-order valence-corrected chi connectivity index (χ1v) is 9.16. The Hall–Kier alpha value is -1.27. The van der Waals surface area contributed by atoms with Crippen LogP contribution in [0, 0.1) is 3.57 Å². The van der Waals surface area contributed by atoms with Crippen LogP contribution in [0.15, 0.2) is 30.3 Å². The zero-order valence-electron chi connectivity index (χ0n) is 13.2. The summed E-state index contributed by atoms with van der Waals surface area (Å²) in [6.07, 6.45) is 2.02. The second-order valence-electron chi connectivity index (χ2n) is 6.50. The molecule has 23 heavy (non-hydrogen) atoms. The van der Waals surface area contributed by atoms with Crippen molar-refractivity contribution in [3.05, 3.63) is 56.2 Å². The first-order valence-electron chi connectivity index (χ1n) is 8.08. The lowest BCUT2D eigenvalue weighted by Gasteiger charge is -2.24. The molecule has 0 amide bonds. The van der Waals surface area contributed by atoms with Gasteiger partial charge in [-0.05, 0) is 64.9 Å². The van der Waals surface area contributed by atoms with Crippen LogP contribution >= 0.6 is 22.6 Å². The van der Waals surface area contributed by atoms with Gasteiger partial charge in [0.1, 0.15) is 11.5 Å². The molecular formula is C19H20INO2. The Morgan fingerprint density at radius 2 is 2.04 bits per heavy atom. The van der Waals surface area contributed by atoms with E-state index in [2.05, 4.69) is 58.8 Å². The van der Waals surface area contributed by atoms with Crippen LogP contribution in [0.1, 0.15) is 28.2 Å². The fourth-order valence-corrected chi connectivity index (χ4v) is 4.29. The molecule has 2 aromatic carbocycles. The van der Waals surface area contributed by atoms with Gasteiger partial charge < -0.3 is 14.7 Å². The Kier molecular flexibility index (Phi) is 3.97. The lowest BCUT2D eigenvalue weighted by molar-refractivity contribution is 0.327. The van der Waals surface area contributed by atoms with Crippen molar-refractivity contribution in [3.8, 4) is 11.5 Å². The lowest BCUT2D eigenvalue weighted by Crippen LogP contribution is -2.24. The highest BCUT2D eigenvalue weighted by Crippen LogP contribution is 2.41. The third-order valence-corrected chi connectivity index (χ3v) is 5.83. The number of benzene rings is 2. The normalized spacial score (nSPS) is 20.5. The Balaban J connectivity index is 1.88. The quantitative estimate of drug-likeness (QED) is 0.716. The van der Waals surface area contributed by atoms with Gasteiger partial charge in [0.15, 0.2) is 0 Å². The number of likely N-dealkylation sites (N-methyl/N-ethyl adjacent to an activating group) is 1. The Bertz CT molecular complexity index is 759. The molecule has 4 rings (SSSR count). The van der Waals surface area contributed by atoms with Crippen molar-refractivity contribution in [3.63, 3.8) is 0 Å². The van der Waals surface area contributed by atoms with Gasteiger partial charge in [0, 0.05) is 31.0 Å². The van der Waals surface area contributed by atoms with Gasteiger partial charge in [0.2, 0.25) is 0 Å². The third-order valence-electron chi connectivity index (χ3n) is 4.96. The molecule has 0 radical (unpaired) electrons. The molecule has 0 aromatic heterocycles. The number of nitrogens with zero attached hydrogens (tertiary/aromatic N) is 1. The maximum Gasteiger partial charge on any atom is 0.129 e. The number of rotatable bonds is 1. The highest BCUT2D eigenvalue weighted by atomic mass is 127. The van der Waals surface area contributed by atoms with Crippen molar-refractivity contribution >= 4 is 22.6 Å². The highest BCUT2D eigenvalue weighted by molar-refractivity contribution is 14.1. The number of halogens is 1. The molecule has 2 aromatic rings. The van der Waals surface area contributed by atoms with E-state index < -0.39 is 0 Å². The largest absolute Gasteiger partial charge is 0.507 e. The number of hydrogen-bond donors (Lipinski definition) is 1. The molecule has 0 aliphatic carbocycles. The van der Waals surface area contributed by atoms with Crippen LogP contribution in [0.25, 0.3) is 0 Å². The monoisotopic (exact) mass is 421 g/mol. The molecule has 0 spiro atoms. The van der Waals surface area contributed by atoms with Crippen LogP contribution in [0.4, 0.5) is 0 Å². The SMILES string of the molecule is CN1CCc2cc(I)c(O)cc2C(c2cccc3c2OCC3)C1. The van der Waals surface area contributed by atoms with E-state index in [9.17, 15) is 5.11 Å². The van der Waals surface area contributed by atoms with Crippen LogP contribution in [0.5, 0.6) is 11.5 Å². The Morgan fingerprint density at radius 3 is 2.91 bits per heavy atom. The smallest absolute Gasteiger partial charge is 0.129 e. The van der Waals surface area contributed by atoms with Crippen molar-refractivity contribution in [2.75, 3.05) is 26.7 Å². The summed E-state index contributed by atoms with van der Waals surface area (Å²) in [5.41, 5.74) is 5.16. The predicted octanol–water partition coefficient (Wildman–Crippen LogP) is 3.55. The molecule has 0 fully saturated rings. The van der Waals surface area contributed by atoms with Gasteiger partial charge in [-0.2, -0.15) is 0 Å². The van der Waals surface area contributed by atoms with E-state index in [-0.39, 0.29) is 5.92 Å². The highest BCUT2D eigenvalue weighted by Gasteiger charge is 2.28. The standard InChI is InChI=1S/C19H20INO2/c1-21-7-5-13-9-17(20)18(22)10-15(13)16(11-21)14-4-2-3-12-6-8-23-19(12)14/h2-4,9-10,16,22H,5-8,11H2,1H3. The topological polar surface area (TPSA) is 32.7 Å². The zero-order chi connectivity index (χ0) is 16.0. The summed E-state index contributed by atoms with van der Waals surface area (Å²) in [4.78, 5) is 2.38. The number of fused-ring (bicyclic) bond motifs is 2. The average molecular weight is 421 g/mol. The van der Waals surface area contributed by atoms with Crippen LogP contribution in [-0.2, 0) is 12.8 Å².